The number of thioether (sulfide) groups is 1. The Hall–Kier alpha value is -2.05. The fourth-order valence-corrected chi connectivity index (χ4v) is 3.86. The molecule has 1 saturated heterocycles. The SMILES string of the molecule is CSc1cccc2nc(Cc3ccc(OCCN4CCCC4)cc3)nn12. The smallest absolute Gasteiger partial charge is 0.156 e. The second-order valence-electron chi connectivity index (χ2n) is 6.58. The lowest BCUT2D eigenvalue weighted by molar-refractivity contribution is 0.238. The molecule has 1 aliphatic rings. The van der Waals surface area contributed by atoms with Crippen molar-refractivity contribution >= 4 is 17.4 Å². The van der Waals surface area contributed by atoms with Gasteiger partial charge in [-0.25, -0.2) is 9.50 Å². The number of likely N-dealkylation sites (tertiary alicyclic amines) is 1. The number of hydrogen-bond donors (Lipinski definition) is 0. The first-order valence-corrected chi connectivity index (χ1v) is 10.4. The molecule has 3 aromatic rings. The van der Waals surface area contributed by atoms with Gasteiger partial charge in [0.15, 0.2) is 11.5 Å². The summed E-state index contributed by atoms with van der Waals surface area (Å²) in [6.45, 7) is 4.20. The van der Waals surface area contributed by atoms with Gasteiger partial charge in [-0.1, -0.05) is 18.2 Å². The summed E-state index contributed by atoms with van der Waals surface area (Å²) in [4.78, 5) is 7.10. The van der Waals surface area contributed by atoms with Gasteiger partial charge in [-0.2, -0.15) is 0 Å². The minimum Gasteiger partial charge on any atom is -0.492 e. The lowest BCUT2D eigenvalue weighted by atomic mass is 10.1. The van der Waals surface area contributed by atoms with Gasteiger partial charge in [-0.05, 0) is 62.0 Å². The standard InChI is InChI=1S/C20H24N4OS/c1-26-20-6-4-5-19-21-18(22-24(19)20)15-16-7-9-17(10-8-16)25-14-13-23-11-2-3-12-23/h4-10H,2-3,11-15H2,1H3. The van der Waals surface area contributed by atoms with Crippen molar-refractivity contribution in [2.45, 2.75) is 24.3 Å². The molecule has 1 aliphatic heterocycles. The van der Waals surface area contributed by atoms with Gasteiger partial charge in [0.05, 0.1) is 5.03 Å². The second-order valence-corrected chi connectivity index (χ2v) is 7.41. The Labute approximate surface area is 158 Å². The van der Waals surface area contributed by atoms with Crippen LogP contribution in [0.5, 0.6) is 5.75 Å². The molecule has 2 aromatic heterocycles. The van der Waals surface area contributed by atoms with Gasteiger partial charge in [-0.15, -0.1) is 16.9 Å². The molecule has 0 amide bonds. The minimum absolute atomic E-state index is 0.726. The van der Waals surface area contributed by atoms with Crippen molar-refractivity contribution in [1.82, 2.24) is 19.5 Å². The maximum absolute atomic E-state index is 5.87. The molecule has 0 N–H and O–H groups in total. The average Bonchev–Trinajstić information content (AvgIpc) is 3.32. The summed E-state index contributed by atoms with van der Waals surface area (Å²) < 4.78 is 7.78. The maximum Gasteiger partial charge on any atom is 0.156 e. The number of pyridine rings is 1. The summed E-state index contributed by atoms with van der Waals surface area (Å²) in [5.74, 6) is 1.77. The van der Waals surface area contributed by atoms with E-state index in [-0.39, 0.29) is 0 Å². The van der Waals surface area contributed by atoms with Crippen LogP contribution in [0.2, 0.25) is 0 Å². The minimum atomic E-state index is 0.726. The van der Waals surface area contributed by atoms with Crippen LogP contribution >= 0.6 is 11.8 Å². The third-order valence-corrected chi connectivity index (χ3v) is 5.47. The molecular formula is C20H24N4OS. The lowest BCUT2D eigenvalue weighted by Gasteiger charge is -2.14. The predicted molar refractivity (Wildman–Crippen MR) is 105 cm³/mol. The highest BCUT2D eigenvalue weighted by Gasteiger charge is 2.11. The van der Waals surface area contributed by atoms with Crippen LogP contribution in [-0.4, -0.2) is 52.0 Å². The Kier molecular flexibility index (Phi) is 5.41. The Morgan fingerprint density at radius 2 is 1.88 bits per heavy atom. The summed E-state index contributed by atoms with van der Waals surface area (Å²) in [5, 5.41) is 5.74. The highest BCUT2D eigenvalue weighted by Crippen LogP contribution is 2.18. The zero-order valence-electron chi connectivity index (χ0n) is 15.1. The molecule has 0 aliphatic carbocycles. The Morgan fingerprint density at radius 1 is 1.08 bits per heavy atom. The quantitative estimate of drug-likeness (QED) is 0.597. The first-order valence-electron chi connectivity index (χ1n) is 9.14. The van der Waals surface area contributed by atoms with E-state index in [9.17, 15) is 0 Å². The van der Waals surface area contributed by atoms with E-state index in [0.717, 1.165) is 41.8 Å². The van der Waals surface area contributed by atoms with Gasteiger partial charge in [-0.3, -0.25) is 4.90 Å². The van der Waals surface area contributed by atoms with Crippen LogP contribution in [0.3, 0.4) is 0 Å². The Bertz CT molecular complexity index is 856. The van der Waals surface area contributed by atoms with Crippen molar-refractivity contribution in [3.8, 4) is 5.75 Å². The normalized spacial score (nSPS) is 15.0. The van der Waals surface area contributed by atoms with E-state index in [1.165, 1.54) is 31.5 Å². The molecule has 5 nitrogen and oxygen atoms in total. The van der Waals surface area contributed by atoms with Crippen LogP contribution in [0, 0.1) is 0 Å². The molecule has 0 atom stereocenters. The van der Waals surface area contributed by atoms with E-state index < -0.39 is 0 Å². The predicted octanol–water partition coefficient (Wildman–Crippen LogP) is 3.52. The number of aromatic nitrogens is 3. The number of hydrogen-bond acceptors (Lipinski definition) is 5. The molecular weight excluding hydrogens is 344 g/mol. The summed E-state index contributed by atoms with van der Waals surface area (Å²) in [6, 6.07) is 14.4. The zero-order chi connectivity index (χ0) is 17.8. The molecule has 136 valence electrons. The third-order valence-electron chi connectivity index (χ3n) is 4.74. The van der Waals surface area contributed by atoms with Gasteiger partial charge in [0.25, 0.3) is 0 Å². The van der Waals surface area contributed by atoms with Gasteiger partial charge >= 0.3 is 0 Å². The molecule has 26 heavy (non-hydrogen) atoms. The van der Waals surface area contributed by atoms with Crippen molar-refractivity contribution in [1.29, 1.82) is 0 Å². The molecule has 0 spiro atoms. The Morgan fingerprint density at radius 3 is 2.65 bits per heavy atom. The fourth-order valence-electron chi connectivity index (χ4n) is 3.34. The number of rotatable bonds is 7. The second kappa shape index (κ2) is 8.10. The molecule has 1 fully saturated rings. The molecule has 6 heteroatoms. The third kappa shape index (κ3) is 4.02. The topological polar surface area (TPSA) is 42.7 Å². The van der Waals surface area contributed by atoms with E-state index in [1.807, 2.05) is 28.8 Å². The number of nitrogens with zero attached hydrogens (tertiary/aromatic N) is 4. The van der Waals surface area contributed by atoms with Crippen LogP contribution < -0.4 is 4.74 Å². The summed E-state index contributed by atoms with van der Waals surface area (Å²) in [5.41, 5.74) is 2.09. The molecule has 4 rings (SSSR count). The Balaban J connectivity index is 1.36. The molecule has 3 heterocycles. The lowest BCUT2D eigenvalue weighted by Crippen LogP contribution is -2.25. The van der Waals surface area contributed by atoms with Gasteiger partial charge in [0.1, 0.15) is 12.4 Å². The van der Waals surface area contributed by atoms with Gasteiger partial charge < -0.3 is 4.74 Å². The van der Waals surface area contributed by atoms with Crippen molar-refractivity contribution < 1.29 is 4.74 Å². The molecule has 0 saturated carbocycles. The molecule has 0 radical (unpaired) electrons. The van der Waals surface area contributed by atoms with E-state index in [1.54, 1.807) is 11.8 Å². The van der Waals surface area contributed by atoms with Gasteiger partial charge in [0.2, 0.25) is 0 Å². The molecule has 0 bridgehead atoms. The van der Waals surface area contributed by atoms with Crippen LogP contribution in [0.1, 0.15) is 24.2 Å². The first-order chi connectivity index (χ1) is 12.8. The fraction of sp³-hybridized carbons (Fsp3) is 0.400. The van der Waals surface area contributed by atoms with Crippen molar-refractivity contribution in [3.05, 3.63) is 53.9 Å². The van der Waals surface area contributed by atoms with E-state index in [4.69, 9.17) is 4.74 Å². The summed E-state index contributed by atoms with van der Waals surface area (Å²) >= 11 is 1.68. The van der Waals surface area contributed by atoms with Crippen LogP contribution in [0.25, 0.3) is 5.65 Å². The largest absolute Gasteiger partial charge is 0.492 e. The number of fused-ring (bicyclic) bond motifs is 1. The maximum atomic E-state index is 5.87. The van der Waals surface area contributed by atoms with Crippen LogP contribution in [-0.2, 0) is 6.42 Å². The van der Waals surface area contributed by atoms with Gasteiger partial charge in [0, 0.05) is 13.0 Å². The first kappa shape index (κ1) is 17.4. The average molecular weight is 369 g/mol. The zero-order valence-corrected chi connectivity index (χ0v) is 15.9. The summed E-state index contributed by atoms with van der Waals surface area (Å²) in [6.07, 6.45) is 5.43. The highest BCUT2D eigenvalue weighted by molar-refractivity contribution is 7.98. The monoisotopic (exact) mass is 368 g/mol. The van der Waals surface area contributed by atoms with Crippen LogP contribution in [0.4, 0.5) is 0 Å². The van der Waals surface area contributed by atoms with Crippen molar-refractivity contribution in [2.24, 2.45) is 0 Å². The highest BCUT2D eigenvalue weighted by atomic mass is 32.2. The van der Waals surface area contributed by atoms with Crippen LogP contribution in [0.15, 0.2) is 47.5 Å². The molecule has 0 unspecified atom stereocenters. The number of ether oxygens (including phenoxy) is 1. The van der Waals surface area contributed by atoms with E-state index in [0.29, 0.717) is 0 Å². The molecule has 1 aromatic carbocycles. The van der Waals surface area contributed by atoms with Crippen molar-refractivity contribution in [3.63, 3.8) is 0 Å². The summed E-state index contributed by atoms with van der Waals surface area (Å²) in [7, 11) is 0. The van der Waals surface area contributed by atoms with E-state index >= 15 is 0 Å². The van der Waals surface area contributed by atoms with E-state index in [2.05, 4.69) is 39.4 Å². The number of benzene rings is 1. The van der Waals surface area contributed by atoms with Crippen molar-refractivity contribution in [2.75, 3.05) is 32.5 Å².